The van der Waals surface area contributed by atoms with E-state index in [1.165, 1.54) is 16.7 Å². The second-order valence-corrected chi connectivity index (χ2v) is 7.01. The normalized spacial score (nSPS) is 17.2. The molecule has 0 bridgehead atoms. The van der Waals surface area contributed by atoms with Gasteiger partial charge in [0.25, 0.3) is 0 Å². The van der Waals surface area contributed by atoms with Crippen LogP contribution in [-0.4, -0.2) is 50.4 Å². The van der Waals surface area contributed by atoms with Gasteiger partial charge in [-0.05, 0) is 6.92 Å². The number of hydrogen-bond acceptors (Lipinski definition) is 5. The molecule has 1 aromatic rings. The van der Waals surface area contributed by atoms with Gasteiger partial charge in [-0.15, -0.1) is 5.10 Å². The number of urea groups is 1. The first-order valence-electron chi connectivity index (χ1n) is 6.48. The topological polar surface area (TPSA) is 91.0 Å². The van der Waals surface area contributed by atoms with E-state index in [1.54, 1.807) is 6.92 Å². The number of imide groups is 1. The molecule has 2 rings (SSSR count). The molecule has 2 N–H and O–H groups in total. The van der Waals surface area contributed by atoms with Crippen molar-refractivity contribution in [2.45, 2.75) is 43.5 Å². The SMILES string of the molecule is CC(Sc1n[nH]c(C(C)(C)C)n1)C(=O)N1CCNC1=O. The van der Waals surface area contributed by atoms with Gasteiger partial charge in [-0.25, -0.2) is 9.78 Å². The maximum atomic E-state index is 12.1. The van der Waals surface area contributed by atoms with Gasteiger partial charge < -0.3 is 5.32 Å². The second kappa shape index (κ2) is 5.43. The first kappa shape index (κ1) is 14.8. The fraction of sp³-hybridized carbons (Fsp3) is 0.667. The predicted octanol–water partition coefficient (Wildman–Crippen LogP) is 1.13. The number of aromatic amines is 1. The zero-order valence-corrected chi connectivity index (χ0v) is 12.9. The Kier molecular flexibility index (Phi) is 4.03. The maximum Gasteiger partial charge on any atom is 0.324 e. The molecule has 1 fully saturated rings. The monoisotopic (exact) mass is 297 g/mol. The smallest absolute Gasteiger partial charge is 0.324 e. The summed E-state index contributed by atoms with van der Waals surface area (Å²) in [5, 5.41) is 9.72. The number of thioether (sulfide) groups is 1. The van der Waals surface area contributed by atoms with Crippen molar-refractivity contribution >= 4 is 23.7 Å². The molecule has 1 aliphatic rings. The quantitative estimate of drug-likeness (QED) is 0.816. The number of rotatable bonds is 3. The summed E-state index contributed by atoms with van der Waals surface area (Å²) >= 11 is 1.25. The Morgan fingerprint density at radius 3 is 2.65 bits per heavy atom. The first-order chi connectivity index (χ1) is 9.29. The summed E-state index contributed by atoms with van der Waals surface area (Å²) in [6, 6.07) is -0.326. The molecule has 20 heavy (non-hydrogen) atoms. The lowest BCUT2D eigenvalue weighted by Crippen LogP contribution is -2.38. The van der Waals surface area contributed by atoms with Crippen molar-refractivity contribution in [3.8, 4) is 0 Å². The van der Waals surface area contributed by atoms with Gasteiger partial charge >= 0.3 is 6.03 Å². The molecule has 1 unspecified atom stereocenters. The molecule has 1 aliphatic heterocycles. The molecule has 2 heterocycles. The fourth-order valence-electron chi connectivity index (χ4n) is 1.74. The Labute approximate surface area is 121 Å². The minimum absolute atomic E-state index is 0.117. The fourth-order valence-corrected chi connectivity index (χ4v) is 2.53. The third-order valence-corrected chi connectivity index (χ3v) is 3.88. The molecular weight excluding hydrogens is 278 g/mol. The lowest BCUT2D eigenvalue weighted by Gasteiger charge is -2.16. The van der Waals surface area contributed by atoms with Crippen LogP contribution in [0.5, 0.6) is 0 Å². The van der Waals surface area contributed by atoms with Crippen molar-refractivity contribution in [3.63, 3.8) is 0 Å². The zero-order chi connectivity index (χ0) is 14.9. The van der Waals surface area contributed by atoms with E-state index in [1.807, 2.05) is 20.8 Å². The lowest BCUT2D eigenvalue weighted by atomic mass is 9.96. The molecule has 3 amide bonds. The van der Waals surface area contributed by atoms with Crippen molar-refractivity contribution in [3.05, 3.63) is 5.82 Å². The lowest BCUT2D eigenvalue weighted by molar-refractivity contribution is -0.126. The zero-order valence-electron chi connectivity index (χ0n) is 12.1. The van der Waals surface area contributed by atoms with Crippen LogP contribution < -0.4 is 5.32 Å². The molecule has 110 valence electrons. The minimum Gasteiger partial charge on any atom is -0.336 e. The van der Waals surface area contributed by atoms with Crippen LogP contribution in [0.2, 0.25) is 0 Å². The second-order valence-electron chi connectivity index (χ2n) is 5.70. The van der Waals surface area contributed by atoms with Gasteiger partial charge in [0.05, 0.1) is 5.25 Å². The van der Waals surface area contributed by atoms with Gasteiger partial charge in [0.1, 0.15) is 5.82 Å². The molecule has 7 nitrogen and oxygen atoms in total. The van der Waals surface area contributed by atoms with E-state index in [9.17, 15) is 9.59 Å². The Morgan fingerprint density at radius 1 is 1.45 bits per heavy atom. The van der Waals surface area contributed by atoms with Crippen LogP contribution in [0.25, 0.3) is 0 Å². The molecule has 0 aromatic carbocycles. The average molecular weight is 297 g/mol. The minimum atomic E-state index is -0.400. The van der Waals surface area contributed by atoms with Gasteiger partial charge in [-0.1, -0.05) is 32.5 Å². The number of carbonyl (C=O) groups is 2. The number of amides is 3. The standard InChI is InChI=1S/C12H19N5O2S/c1-7(8(18)17-6-5-13-11(17)19)20-10-14-9(15-16-10)12(2,3)4/h7H,5-6H2,1-4H3,(H,13,19)(H,14,15,16). The number of nitrogens with zero attached hydrogens (tertiary/aromatic N) is 3. The first-order valence-corrected chi connectivity index (χ1v) is 7.36. The van der Waals surface area contributed by atoms with E-state index in [-0.39, 0.29) is 17.4 Å². The van der Waals surface area contributed by atoms with Crippen LogP contribution in [0, 0.1) is 0 Å². The number of H-pyrrole nitrogens is 1. The van der Waals surface area contributed by atoms with E-state index in [2.05, 4.69) is 20.5 Å². The summed E-state index contributed by atoms with van der Waals surface area (Å²) in [7, 11) is 0. The van der Waals surface area contributed by atoms with Crippen LogP contribution in [0.3, 0.4) is 0 Å². The Bertz CT molecular complexity index is 522. The predicted molar refractivity (Wildman–Crippen MR) is 75.5 cm³/mol. The van der Waals surface area contributed by atoms with Crippen LogP contribution in [-0.2, 0) is 10.2 Å². The van der Waals surface area contributed by atoms with Crippen LogP contribution in [0.15, 0.2) is 5.16 Å². The number of hydrogen-bond donors (Lipinski definition) is 2. The van der Waals surface area contributed by atoms with Crippen LogP contribution >= 0.6 is 11.8 Å². The van der Waals surface area contributed by atoms with Gasteiger partial charge in [-0.3, -0.25) is 14.8 Å². The number of aromatic nitrogens is 3. The van der Waals surface area contributed by atoms with E-state index in [4.69, 9.17) is 0 Å². The third kappa shape index (κ3) is 3.12. The van der Waals surface area contributed by atoms with Crippen LogP contribution in [0.4, 0.5) is 4.79 Å². The Hall–Kier alpha value is -1.57. The van der Waals surface area contributed by atoms with E-state index in [0.717, 1.165) is 5.82 Å². The highest BCUT2D eigenvalue weighted by Gasteiger charge is 2.31. The van der Waals surface area contributed by atoms with Crippen molar-refractivity contribution in [2.75, 3.05) is 13.1 Å². The molecule has 1 atom stereocenters. The van der Waals surface area contributed by atoms with Gasteiger partial charge in [-0.2, -0.15) is 0 Å². The summed E-state index contributed by atoms with van der Waals surface area (Å²) in [5.74, 6) is 0.561. The summed E-state index contributed by atoms with van der Waals surface area (Å²) in [6.07, 6.45) is 0. The summed E-state index contributed by atoms with van der Waals surface area (Å²) < 4.78 is 0. The molecule has 0 radical (unpaired) electrons. The van der Waals surface area contributed by atoms with Gasteiger partial charge in [0.15, 0.2) is 0 Å². The van der Waals surface area contributed by atoms with E-state index < -0.39 is 5.25 Å². The molecule has 0 spiro atoms. The summed E-state index contributed by atoms with van der Waals surface area (Å²) in [5.41, 5.74) is -0.117. The number of nitrogens with one attached hydrogen (secondary N) is 2. The van der Waals surface area contributed by atoms with E-state index >= 15 is 0 Å². The molecule has 8 heteroatoms. The highest BCUT2D eigenvalue weighted by Crippen LogP contribution is 2.24. The highest BCUT2D eigenvalue weighted by atomic mass is 32.2. The molecule has 0 saturated carbocycles. The van der Waals surface area contributed by atoms with Gasteiger partial charge in [0.2, 0.25) is 11.1 Å². The molecule has 0 aliphatic carbocycles. The third-order valence-electron chi connectivity index (χ3n) is 2.93. The summed E-state index contributed by atoms with van der Waals surface area (Å²) in [6.45, 7) is 8.79. The Morgan fingerprint density at radius 2 is 2.15 bits per heavy atom. The molecule has 1 saturated heterocycles. The average Bonchev–Trinajstić information content (AvgIpc) is 2.96. The number of carbonyl (C=O) groups excluding carboxylic acids is 2. The van der Waals surface area contributed by atoms with Crippen LogP contribution in [0.1, 0.15) is 33.5 Å². The van der Waals surface area contributed by atoms with Crippen molar-refractivity contribution in [1.29, 1.82) is 0 Å². The Balaban J connectivity index is 2.01. The maximum absolute atomic E-state index is 12.1. The molecular formula is C12H19N5O2S. The molecule has 1 aromatic heterocycles. The largest absolute Gasteiger partial charge is 0.336 e. The highest BCUT2D eigenvalue weighted by molar-refractivity contribution is 8.00. The van der Waals surface area contributed by atoms with E-state index in [0.29, 0.717) is 18.2 Å². The van der Waals surface area contributed by atoms with Crippen molar-refractivity contribution in [1.82, 2.24) is 25.4 Å². The summed E-state index contributed by atoms with van der Waals surface area (Å²) in [4.78, 5) is 29.2. The van der Waals surface area contributed by atoms with Gasteiger partial charge in [0, 0.05) is 18.5 Å². The van der Waals surface area contributed by atoms with Crippen molar-refractivity contribution in [2.24, 2.45) is 0 Å². The van der Waals surface area contributed by atoms with Crippen molar-refractivity contribution < 1.29 is 9.59 Å².